The van der Waals surface area contributed by atoms with Crippen molar-refractivity contribution in [1.82, 2.24) is 29.7 Å². The minimum atomic E-state index is -4.57. The van der Waals surface area contributed by atoms with Gasteiger partial charge in [0.05, 0.1) is 51.6 Å². The molecule has 0 saturated carbocycles. The second kappa shape index (κ2) is 15.0. The van der Waals surface area contributed by atoms with Crippen LogP contribution in [0, 0.1) is 12.3 Å². The fourth-order valence-electron chi connectivity index (χ4n) is 4.42. The summed E-state index contributed by atoms with van der Waals surface area (Å²) in [6.45, 7) is 8.99. The van der Waals surface area contributed by atoms with E-state index >= 15 is 0 Å². The molecular weight excluding hydrogens is 657 g/mol. The number of aromatic amines is 1. The number of aliphatic hydroxyl groups is 2. The first-order valence-electron chi connectivity index (χ1n) is 14.7. The normalized spacial score (nSPS) is 24.1. The molecule has 20 heteroatoms. The van der Waals surface area contributed by atoms with Gasteiger partial charge in [0.2, 0.25) is 5.95 Å². The van der Waals surface area contributed by atoms with Gasteiger partial charge in [-0.2, -0.15) is 4.98 Å². The zero-order valence-electron chi connectivity index (χ0n) is 28.0. The number of nitrogen functional groups attached to an aromatic ring is 1. The Morgan fingerprint density at radius 3 is 2.12 bits per heavy atom. The van der Waals surface area contributed by atoms with Crippen LogP contribution in [0.4, 0.5) is 5.95 Å². The number of nitrogens with two attached hydrogens (primary N) is 1. The lowest BCUT2D eigenvalue weighted by molar-refractivity contribution is -0.146. The maximum Gasteiger partial charge on any atom is 0.342 e. The van der Waals surface area contributed by atoms with Crippen LogP contribution in [0.1, 0.15) is 47.8 Å². The summed E-state index contributed by atoms with van der Waals surface area (Å²) in [5.74, 6) is 0.0801. The molecule has 6 atom stereocenters. The first-order valence-corrected chi connectivity index (χ1v) is 16.3. The van der Waals surface area contributed by atoms with Gasteiger partial charge in [-0.1, -0.05) is 5.92 Å². The predicted octanol–water partition coefficient (Wildman–Crippen LogP) is -0.658. The van der Waals surface area contributed by atoms with Crippen LogP contribution in [0.25, 0.3) is 11.2 Å². The van der Waals surface area contributed by atoms with E-state index in [0.29, 0.717) is 0 Å². The third-order valence-corrected chi connectivity index (χ3v) is 8.64. The number of hydrogen-bond donors (Lipinski definition) is 6. The number of carbonyl (C=O) groups is 2. The Hall–Kier alpha value is -3.44. The molecule has 2 aromatic heterocycles. The second-order valence-corrected chi connectivity index (χ2v) is 14.7. The summed E-state index contributed by atoms with van der Waals surface area (Å²) >= 11 is 0. The standard InChI is InChI=1S/C28H44N7O12P/c1-10-28(40)19(36)17(47-24(28)35-14-30-18-20(35)31-25(29)32-21(18)37)13-46-48(41,33-15(22(38)42-8)11-44-26(2,3)4)34-16(23(39)43-9)12-45-27(5,6)7/h1,14-17,19,24,36,40H,11-13H2,2-9H3,(H2,33,34,41)(H3,29,31,32,37). The Labute approximate surface area is 276 Å². The van der Waals surface area contributed by atoms with E-state index in [-0.39, 0.29) is 30.3 Å². The predicted molar refractivity (Wildman–Crippen MR) is 169 cm³/mol. The Morgan fingerprint density at radius 2 is 1.67 bits per heavy atom. The smallest absolute Gasteiger partial charge is 0.342 e. The zero-order chi connectivity index (χ0) is 36.2. The third-order valence-electron chi connectivity index (χ3n) is 6.83. The molecule has 1 aliphatic heterocycles. The number of terminal acetylenes is 1. The highest BCUT2D eigenvalue weighted by Gasteiger charge is 2.56. The van der Waals surface area contributed by atoms with Crippen molar-refractivity contribution in [3.63, 3.8) is 0 Å². The molecule has 2 aromatic rings. The zero-order valence-corrected chi connectivity index (χ0v) is 28.9. The topological polar surface area (TPSA) is 261 Å². The number of hydrogen-bond acceptors (Lipinski definition) is 15. The van der Waals surface area contributed by atoms with Gasteiger partial charge in [-0.05, 0) is 41.5 Å². The summed E-state index contributed by atoms with van der Waals surface area (Å²) in [5.41, 5.74) is 0.844. The summed E-state index contributed by atoms with van der Waals surface area (Å²) in [6, 6.07) is -2.79. The van der Waals surface area contributed by atoms with Gasteiger partial charge in [-0.15, -0.1) is 6.42 Å². The fourth-order valence-corrected chi connectivity index (χ4v) is 6.18. The lowest BCUT2D eigenvalue weighted by Crippen LogP contribution is -2.49. The molecule has 1 aliphatic rings. The molecule has 0 amide bonds. The highest BCUT2D eigenvalue weighted by molar-refractivity contribution is 7.54. The van der Waals surface area contributed by atoms with Crippen LogP contribution >= 0.6 is 7.67 Å². The number of imidazole rings is 1. The number of ether oxygens (including phenoxy) is 5. The molecule has 6 unspecified atom stereocenters. The molecule has 19 nitrogen and oxygen atoms in total. The van der Waals surface area contributed by atoms with Crippen LogP contribution in [0.5, 0.6) is 0 Å². The molecule has 268 valence electrons. The largest absolute Gasteiger partial charge is 0.468 e. The van der Waals surface area contributed by atoms with E-state index in [1.807, 2.05) is 0 Å². The number of nitrogens with one attached hydrogen (secondary N) is 3. The van der Waals surface area contributed by atoms with E-state index in [0.717, 1.165) is 25.1 Å². The average molecular weight is 702 g/mol. The van der Waals surface area contributed by atoms with Gasteiger partial charge in [-0.3, -0.25) is 28.5 Å². The summed E-state index contributed by atoms with van der Waals surface area (Å²) in [4.78, 5) is 48.1. The van der Waals surface area contributed by atoms with Crippen LogP contribution < -0.4 is 21.5 Å². The molecule has 0 spiro atoms. The number of methoxy groups -OCH3 is 2. The molecule has 48 heavy (non-hydrogen) atoms. The number of carbonyl (C=O) groups excluding carboxylic acids is 2. The molecule has 0 bridgehead atoms. The number of fused-ring (bicyclic) bond motifs is 1. The first-order chi connectivity index (χ1) is 22.2. The molecule has 3 rings (SSSR count). The number of anilines is 1. The maximum absolute atomic E-state index is 14.5. The van der Waals surface area contributed by atoms with Crippen molar-refractivity contribution >= 4 is 36.7 Å². The summed E-state index contributed by atoms with van der Waals surface area (Å²) in [5, 5.41) is 27.6. The molecule has 1 fully saturated rings. The molecular formula is C28H44N7O12P. The van der Waals surface area contributed by atoms with Crippen molar-refractivity contribution in [1.29, 1.82) is 0 Å². The molecule has 0 aromatic carbocycles. The van der Waals surface area contributed by atoms with E-state index < -0.39 is 79.1 Å². The molecule has 1 saturated heterocycles. The number of esters is 2. The van der Waals surface area contributed by atoms with Crippen molar-refractivity contribution in [2.75, 3.05) is 39.8 Å². The van der Waals surface area contributed by atoms with E-state index in [4.69, 9.17) is 40.4 Å². The minimum absolute atomic E-state index is 0.114. The Bertz CT molecular complexity index is 1570. The summed E-state index contributed by atoms with van der Waals surface area (Å²) < 4.78 is 48.4. The van der Waals surface area contributed by atoms with E-state index in [1.165, 1.54) is 0 Å². The average Bonchev–Trinajstić information content (AvgIpc) is 3.53. The van der Waals surface area contributed by atoms with Crippen LogP contribution in [0.2, 0.25) is 0 Å². The van der Waals surface area contributed by atoms with E-state index in [9.17, 15) is 29.2 Å². The second-order valence-electron chi connectivity index (χ2n) is 12.8. The van der Waals surface area contributed by atoms with E-state index in [2.05, 4.69) is 31.0 Å². The molecule has 3 heterocycles. The van der Waals surface area contributed by atoms with Crippen LogP contribution in [-0.4, -0.2) is 117 Å². The van der Waals surface area contributed by atoms with Crippen molar-refractivity contribution in [3.8, 4) is 12.3 Å². The Kier molecular flexibility index (Phi) is 12.2. The number of nitrogens with zero attached hydrogens (tertiary/aromatic N) is 3. The van der Waals surface area contributed by atoms with Crippen molar-refractivity contribution in [2.45, 2.75) is 88.9 Å². The van der Waals surface area contributed by atoms with Gasteiger partial charge < -0.3 is 44.2 Å². The molecule has 0 radical (unpaired) electrons. The maximum atomic E-state index is 14.5. The van der Waals surface area contributed by atoms with Crippen LogP contribution in [0.3, 0.4) is 0 Å². The first kappa shape index (κ1) is 39.0. The van der Waals surface area contributed by atoms with Gasteiger partial charge in [0.25, 0.3) is 5.56 Å². The minimum Gasteiger partial charge on any atom is -0.468 e. The highest BCUT2D eigenvalue weighted by atomic mass is 31.2. The summed E-state index contributed by atoms with van der Waals surface area (Å²) in [6.07, 6.45) is 1.78. The van der Waals surface area contributed by atoms with Gasteiger partial charge in [0, 0.05) is 0 Å². The SMILES string of the molecule is C#CC1(O)C(O)C(COP(=O)(NC(COC(C)(C)C)C(=O)OC)NC(COC(C)(C)C)C(=O)OC)OC1n1cnc2c(=O)[nH]c(N)nc21. The lowest BCUT2D eigenvalue weighted by atomic mass is 9.95. The summed E-state index contributed by atoms with van der Waals surface area (Å²) in [7, 11) is -2.35. The lowest BCUT2D eigenvalue weighted by Gasteiger charge is -2.31. The van der Waals surface area contributed by atoms with Gasteiger partial charge >= 0.3 is 19.6 Å². The van der Waals surface area contributed by atoms with Gasteiger partial charge in [0.1, 0.15) is 24.3 Å². The highest BCUT2D eigenvalue weighted by Crippen LogP contribution is 2.44. The number of rotatable bonds is 14. The third kappa shape index (κ3) is 9.37. The Balaban J connectivity index is 1.98. The van der Waals surface area contributed by atoms with Crippen LogP contribution in [-0.2, 0) is 42.4 Å². The monoisotopic (exact) mass is 701 g/mol. The molecule has 0 aliphatic carbocycles. The van der Waals surface area contributed by atoms with Crippen molar-refractivity contribution in [2.24, 2.45) is 0 Å². The number of aromatic nitrogens is 4. The number of H-pyrrole nitrogens is 1. The van der Waals surface area contributed by atoms with Crippen LogP contribution in [0.15, 0.2) is 11.1 Å². The Morgan fingerprint density at radius 1 is 1.15 bits per heavy atom. The van der Waals surface area contributed by atoms with Crippen molar-refractivity contribution < 1.29 is 52.6 Å². The molecule has 7 N–H and O–H groups in total. The van der Waals surface area contributed by atoms with Gasteiger partial charge in [-0.25, -0.2) is 15.2 Å². The van der Waals surface area contributed by atoms with E-state index in [1.54, 1.807) is 41.5 Å². The quantitative estimate of drug-likeness (QED) is 0.0811. The van der Waals surface area contributed by atoms with Gasteiger partial charge in [0.15, 0.2) is 23.0 Å². The van der Waals surface area contributed by atoms with Crippen molar-refractivity contribution in [3.05, 3.63) is 16.7 Å². The number of aliphatic hydroxyl groups excluding tert-OH is 1. The fraction of sp³-hybridized carbons (Fsp3) is 0.679.